The number of nitrogens with one attached hydrogen (secondary N) is 1. The molecule has 0 radical (unpaired) electrons. The van der Waals surface area contributed by atoms with Gasteiger partial charge in [0.1, 0.15) is 12.2 Å². The number of hydrogen-bond donors (Lipinski definition) is 1. The highest BCUT2D eigenvalue weighted by atomic mass is 16.5. The van der Waals surface area contributed by atoms with Crippen LogP contribution in [0.2, 0.25) is 0 Å². The molecule has 0 aromatic heterocycles. The summed E-state index contributed by atoms with van der Waals surface area (Å²) in [5.41, 5.74) is 3.68. The Morgan fingerprint density at radius 1 is 0.474 bits per heavy atom. The molecule has 7 heteroatoms. The predicted molar refractivity (Wildman–Crippen MR) is 247 cm³/mol. The van der Waals surface area contributed by atoms with Gasteiger partial charge in [0.05, 0.1) is 0 Å². The lowest BCUT2D eigenvalue weighted by molar-refractivity contribution is -0.150. The number of unbranched alkanes of at least 4 members (excludes halogenated alkanes) is 20. The maximum Gasteiger partial charge on any atom is 0.306 e. The molecule has 0 rings (SSSR count). The van der Waals surface area contributed by atoms with Gasteiger partial charge < -0.3 is 14.4 Å². The normalized spacial score (nSPS) is 13.1. The molecule has 0 aliphatic rings. The molecule has 2 atom stereocenters. The largest absolute Gasteiger partial charge is 0.462 e. The van der Waals surface area contributed by atoms with Gasteiger partial charge in [-0.3, -0.25) is 15.0 Å². The summed E-state index contributed by atoms with van der Waals surface area (Å²) in [4.78, 5) is 27.7. The zero-order chi connectivity index (χ0) is 41.9. The van der Waals surface area contributed by atoms with E-state index in [0.717, 1.165) is 116 Å². The number of hydrogen-bond acceptors (Lipinski definition) is 7. The summed E-state index contributed by atoms with van der Waals surface area (Å²) < 4.78 is 11.9. The Balaban J connectivity index is 4.42. The molecule has 0 bridgehead atoms. The third-order valence-corrected chi connectivity index (χ3v) is 10.9. The Kier molecular flexibility index (Phi) is 42.6. The molecule has 0 fully saturated rings. The lowest BCUT2D eigenvalue weighted by Crippen LogP contribution is -2.42. The first kappa shape index (κ1) is 55.3. The first-order valence-electron chi connectivity index (χ1n) is 24.7. The van der Waals surface area contributed by atoms with E-state index in [1.54, 1.807) is 0 Å². The molecule has 0 aliphatic heterocycles. The number of nitrogens with zero attached hydrogens (tertiary/aromatic N) is 2. The van der Waals surface area contributed by atoms with E-state index < -0.39 is 0 Å². The van der Waals surface area contributed by atoms with Crippen LogP contribution in [0.25, 0.3) is 0 Å². The molecule has 0 aromatic carbocycles. The maximum atomic E-state index is 12.7. The van der Waals surface area contributed by atoms with Crippen molar-refractivity contribution < 1.29 is 19.1 Å². The molecule has 0 amide bonds. The standard InChI is InChI=1S/C50H97N3O4/c1-7-11-15-19-23-31-39-47(37-29-17-13-9-3)56-49(54)41-33-25-21-27-35-44-53(51-43-46-52(5)6)45-36-28-22-26-34-42-50(55)57-48(38-30-18-14-10-4)40-32-24-20-16-12-8-2/h23-24,31-32,47-48,51H,7-22,25-30,33-46H2,1-6H3/b31-23-,32-24-. The number of hydrazine groups is 1. The van der Waals surface area contributed by atoms with Crippen LogP contribution >= 0.6 is 0 Å². The molecule has 1 N–H and O–H groups in total. The summed E-state index contributed by atoms with van der Waals surface area (Å²) in [5.74, 6) is -0.0197. The number of likely N-dealkylation sites (N-methyl/N-ethyl adjacent to an activating group) is 1. The van der Waals surface area contributed by atoms with Crippen LogP contribution in [0.3, 0.4) is 0 Å². The monoisotopic (exact) mass is 804 g/mol. The number of esters is 2. The third kappa shape index (κ3) is 40.8. The third-order valence-electron chi connectivity index (χ3n) is 10.9. The fourth-order valence-electron chi connectivity index (χ4n) is 7.20. The van der Waals surface area contributed by atoms with E-state index in [2.05, 4.69) is 81.4 Å². The smallest absolute Gasteiger partial charge is 0.306 e. The van der Waals surface area contributed by atoms with Crippen LogP contribution in [0.1, 0.15) is 233 Å². The van der Waals surface area contributed by atoms with Gasteiger partial charge in [0.15, 0.2) is 0 Å². The van der Waals surface area contributed by atoms with E-state index in [9.17, 15) is 9.59 Å². The minimum Gasteiger partial charge on any atom is -0.462 e. The summed E-state index contributed by atoms with van der Waals surface area (Å²) in [5, 5.41) is 2.43. The zero-order valence-electron chi connectivity index (χ0n) is 38.9. The van der Waals surface area contributed by atoms with E-state index in [1.807, 2.05) is 0 Å². The van der Waals surface area contributed by atoms with Gasteiger partial charge in [0, 0.05) is 51.9 Å². The van der Waals surface area contributed by atoms with Crippen molar-refractivity contribution in [2.75, 3.05) is 40.3 Å². The Morgan fingerprint density at radius 3 is 1.28 bits per heavy atom. The first-order chi connectivity index (χ1) is 27.9. The molecular formula is C50H97N3O4. The Bertz CT molecular complexity index is 857. The van der Waals surface area contributed by atoms with Gasteiger partial charge in [-0.05, 0) is 91.1 Å². The highest BCUT2D eigenvalue weighted by Gasteiger charge is 2.15. The summed E-state index contributed by atoms with van der Waals surface area (Å²) in [6.07, 6.45) is 44.5. The van der Waals surface area contributed by atoms with Gasteiger partial charge in [0.25, 0.3) is 0 Å². The lowest BCUT2D eigenvalue weighted by atomic mass is 10.1. The summed E-state index contributed by atoms with van der Waals surface area (Å²) in [6, 6.07) is 0. The van der Waals surface area contributed by atoms with Crippen molar-refractivity contribution in [2.24, 2.45) is 0 Å². The molecule has 0 heterocycles. The quantitative estimate of drug-likeness (QED) is 0.0285. The highest BCUT2D eigenvalue weighted by Crippen LogP contribution is 2.17. The van der Waals surface area contributed by atoms with Crippen LogP contribution in [0, 0.1) is 0 Å². The van der Waals surface area contributed by atoms with Crippen LogP contribution in [0.4, 0.5) is 0 Å². The zero-order valence-corrected chi connectivity index (χ0v) is 38.9. The molecule has 7 nitrogen and oxygen atoms in total. The van der Waals surface area contributed by atoms with E-state index in [-0.39, 0.29) is 24.1 Å². The van der Waals surface area contributed by atoms with Crippen LogP contribution in [0.5, 0.6) is 0 Å². The fourth-order valence-corrected chi connectivity index (χ4v) is 7.20. The SMILES string of the molecule is CCCCC/C=C\CC(CCCCCC)OC(=O)CCCCCCCN(CCCCCCCC(=O)OC(C/C=C\CCCCC)CCCCCC)NCCN(C)C. The molecule has 0 saturated heterocycles. The van der Waals surface area contributed by atoms with Gasteiger partial charge >= 0.3 is 11.9 Å². The van der Waals surface area contributed by atoms with Crippen molar-refractivity contribution in [3.8, 4) is 0 Å². The van der Waals surface area contributed by atoms with Crippen LogP contribution in [0.15, 0.2) is 24.3 Å². The lowest BCUT2D eigenvalue weighted by Gasteiger charge is -2.24. The van der Waals surface area contributed by atoms with Crippen LogP contribution in [-0.4, -0.2) is 74.3 Å². The van der Waals surface area contributed by atoms with Crippen LogP contribution < -0.4 is 5.43 Å². The molecular weight excluding hydrogens is 707 g/mol. The summed E-state index contributed by atoms with van der Waals surface area (Å²) in [7, 11) is 4.25. The van der Waals surface area contributed by atoms with E-state index >= 15 is 0 Å². The fraction of sp³-hybridized carbons (Fsp3) is 0.880. The second-order valence-corrected chi connectivity index (χ2v) is 17.1. The van der Waals surface area contributed by atoms with Gasteiger partial charge in [-0.1, -0.05) is 155 Å². The molecule has 336 valence electrons. The molecule has 57 heavy (non-hydrogen) atoms. The Morgan fingerprint density at radius 2 is 0.860 bits per heavy atom. The minimum atomic E-state index is -0.00987. The van der Waals surface area contributed by atoms with Crippen molar-refractivity contribution in [2.45, 2.75) is 245 Å². The topological polar surface area (TPSA) is 71.1 Å². The minimum absolute atomic E-state index is 0.00987. The van der Waals surface area contributed by atoms with Crippen molar-refractivity contribution in [1.29, 1.82) is 0 Å². The molecule has 0 aliphatic carbocycles. The first-order valence-corrected chi connectivity index (χ1v) is 24.7. The van der Waals surface area contributed by atoms with Crippen molar-refractivity contribution in [1.82, 2.24) is 15.3 Å². The van der Waals surface area contributed by atoms with E-state index in [4.69, 9.17) is 9.47 Å². The maximum absolute atomic E-state index is 12.7. The number of carbonyl (C=O) groups is 2. The molecule has 0 spiro atoms. The van der Waals surface area contributed by atoms with Crippen molar-refractivity contribution in [3.05, 3.63) is 24.3 Å². The highest BCUT2D eigenvalue weighted by molar-refractivity contribution is 5.69. The average Bonchev–Trinajstić information content (AvgIpc) is 3.19. The molecule has 2 unspecified atom stereocenters. The molecule has 0 saturated carbocycles. The number of carbonyl (C=O) groups excluding carboxylic acids is 2. The van der Waals surface area contributed by atoms with Gasteiger partial charge in [-0.15, -0.1) is 0 Å². The van der Waals surface area contributed by atoms with E-state index in [0.29, 0.717) is 12.8 Å². The van der Waals surface area contributed by atoms with Gasteiger partial charge in [-0.2, -0.15) is 0 Å². The Labute approximate surface area is 355 Å². The van der Waals surface area contributed by atoms with Crippen molar-refractivity contribution >= 4 is 11.9 Å². The van der Waals surface area contributed by atoms with Crippen LogP contribution in [-0.2, 0) is 19.1 Å². The Hall–Kier alpha value is -1.70. The summed E-state index contributed by atoms with van der Waals surface area (Å²) >= 11 is 0. The number of allylic oxidation sites excluding steroid dienone is 2. The number of ether oxygens (including phenoxy) is 2. The van der Waals surface area contributed by atoms with E-state index in [1.165, 1.54) is 103 Å². The summed E-state index contributed by atoms with van der Waals surface area (Å²) in [6.45, 7) is 13.1. The number of rotatable bonds is 44. The predicted octanol–water partition coefficient (Wildman–Crippen LogP) is 13.9. The average molecular weight is 804 g/mol. The van der Waals surface area contributed by atoms with Gasteiger partial charge in [-0.25, -0.2) is 5.01 Å². The van der Waals surface area contributed by atoms with Gasteiger partial charge in [0.2, 0.25) is 0 Å². The second kappa shape index (κ2) is 43.9. The second-order valence-electron chi connectivity index (χ2n) is 17.1. The van der Waals surface area contributed by atoms with Crippen molar-refractivity contribution in [3.63, 3.8) is 0 Å². The molecule has 0 aromatic rings.